The van der Waals surface area contributed by atoms with Crippen LogP contribution in [0.25, 0.3) is 0 Å². The van der Waals surface area contributed by atoms with E-state index in [9.17, 15) is 9.18 Å². The van der Waals surface area contributed by atoms with Gasteiger partial charge in [0.05, 0.1) is 6.61 Å². The molecule has 1 rings (SSSR count). The average Bonchev–Trinajstić information content (AvgIpc) is 2.39. The second-order valence-electron chi connectivity index (χ2n) is 5.11. The van der Waals surface area contributed by atoms with E-state index in [1.807, 2.05) is 6.92 Å². The molecule has 0 aliphatic heterocycles. The zero-order valence-corrected chi connectivity index (χ0v) is 11.7. The zero-order valence-electron chi connectivity index (χ0n) is 11.7. The van der Waals surface area contributed by atoms with Crippen LogP contribution in [0.4, 0.5) is 4.39 Å². The SMILES string of the molecule is CC(CCOc1ccccc1F)CC(CN)CC(=O)O. The Labute approximate surface area is 118 Å². The van der Waals surface area contributed by atoms with Crippen LogP contribution in [0.3, 0.4) is 0 Å². The molecule has 4 nitrogen and oxygen atoms in total. The molecule has 0 aliphatic carbocycles. The van der Waals surface area contributed by atoms with Crippen molar-refractivity contribution in [1.29, 1.82) is 0 Å². The third-order valence-electron chi connectivity index (χ3n) is 3.24. The summed E-state index contributed by atoms with van der Waals surface area (Å²) in [4.78, 5) is 10.7. The molecule has 0 aliphatic rings. The maximum Gasteiger partial charge on any atom is 0.303 e. The summed E-state index contributed by atoms with van der Waals surface area (Å²) in [5.74, 6) is -0.674. The van der Waals surface area contributed by atoms with Crippen molar-refractivity contribution in [2.24, 2.45) is 17.6 Å². The lowest BCUT2D eigenvalue weighted by molar-refractivity contribution is -0.138. The van der Waals surface area contributed by atoms with Crippen molar-refractivity contribution in [2.75, 3.05) is 13.2 Å². The van der Waals surface area contributed by atoms with E-state index in [1.165, 1.54) is 6.07 Å². The van der Waals surface area contributed by atoms with E-state index in [1.54, 1.807) is 18.2 Å². The van der Waals surface area contributed by atoms with E-state index in [4.69, 9.17) is 15.6 Å². The monoisotopic (exact) mass is 283 g/mol. The first-order valence-electron chi connectivity index (χ1n) is 6.82. The molecule has 0 aromatic heterocycles. The number of carboxylic acid groups (broad SMARTS) is 1. The Balaban J connectivity index is 2.30. The molecular weight excluding hydrogens is 261 g/mol. The fourth-order valence-corrected chi connectivity index (χ4v) is 2.13. The lowest BCUT2D eigenvalue weighted by atomic mass is 9.91. The minimum absolute atomic E-state index is 0.0176. The number of ether oxygens (including phenoxy) is 1. The van der Waals surface area contributed by atoms with Crippen molar-refractivity contribution in [2.45, 2.75) is 26.2 Å². The number of benzene rings is 1. The predicted molar refractivity (Wildman–Crippen MR) is 75.1 cm³/mol. The molecule has 3 N–H and O–H groups in total. The lowest BCUT2D eigenvalue weighted by Gasteiger charge is -2.18. The van der Waals surface area contributed by atoms with Gasteiger partial charge in [-0.3, -0.25) is 4.79 Å². The highest BCUT2D eigenvalue weighted by Crippen LogP contribution is 2.20. The maximum atomic E-state index is 13.3. The normalized spacial score (nSPS) is 13.8. The van der Waals surface area contributed by atoms with Gasteiger partial charge in [-0.25, -0.2) is 4.39 Å². The van der Waals surface area contributed by atoms with Crippen LogP contribution in [0.2, 0.25) is 0 Å². The van der Waals surface area contributed by atoms with Gasteiger partial charge in [0.15, 0.2) is 11.6 Å². The molecule has 112 valence electrons. The number of para-hydroxylation sites is 1. The number of carbonyl (C=O) groups is 1. The van der Waals surface area contributed by atoms with Crippen molar-refractivity contribution in [3.05, 3.63) is 30.1 Å². The Hall–Kier alpha value is -1.62. The molecule has 0 saturated carbocycles. The van der Waals surface area contributed by atoms with Gasteiger partial charge in [0.2, 0.25) is 0 Å². The fourth-order valence-electron chi connectivity index (χ4n) is 2.13. The topological polar surface area (TPSA) is 72.5 Å². The summed E-state index contributed by atoms with van der Waals surface area (Å²) in [5.41, 5.74) is 5.56. The largest absolute Gasteiger partial charge is 0.491 e. The summed E-state index contributed by atoms with van der Waals surface area (Å²) in [6.07, 6.45) is 1.57. The van der Waals surface area contributed by atoms with Crippen LogP contribution in [-0.4, -0.2) is 24.2 Å². The summed E-state index contributed by atoms with van der Waals surface area (Å²) in [5, 5.41) is 8.76. The van der Waals surface area contributed by atoms with Crippen molar-refractivity contribution < 1.29 is 19.0 Å². The number of halogens is 1. The molecule has 0 amide bonds. The maximum absolute atomic E-state index is 13.3. The van der Waals surface area contributed by atoms with Gasteiger partial charge in [-0.1, -0.05) is 19.1 Å². The van der Waals surface area contributed by atoms with Gasteiger partial charge in [-0.2, -0.15) is 0 Å². The van der Waals surface area contributed by atoms with E-state index < -0.39 is 5.97 Å². The summed E-state index contributed by atoms with van der Waals surface area (Å²) in [6.45, 7) is 2.80. The Bertz CT molecular complexity index is 425. The third-order valence-corrected chi connectivity index (χ3v) is 3.24. The van der Waals surface area contributed by atoms with Crippen LogP contribution in [0, 0.1) is 17.7 Å². The molecule has 0 spiro atoms. The van der Waals surface area contributed by atoms with Crippen LogP contribution in [-0.2, 0) is 4.79 Å². The lowest BCUT2D eigenvalue weighted by Crippen LogP contribution is -2.21. The van der Waals surface area contributed by atoms with Crippen LogP contribution < -0.4 is 10.5 Å². The molecule has 0 bridgehead atoms. The standard InChI is InChI=1S/C15H22FNO3/c1-11(8-12(10-17)9-15(18)19)6-7-20-14-5-3-2-4-13(14)16/h2-5,11-12H,6-10,17H2,1H3,(H,18,19). The first-order valence-corrected chi connectivity index (χ1v) is 6.82. The van der Waals surface area contributed by atoms with Crippen molar-refractivity contribution in [3.63, 3.8) is 0 Å². The quantitative estimate of drug-likeness (QED) is 0.731. The van der Waals surface area contributed by atoms with Gasteiger partial charge in [0, 0.05) is 6.42 Å². The summed E-state index contributed by atoms with van der Waals surface area (Å²) >= 11 is 0. The van der Waals surface area contributed by atoms with Gasteiger partial charge in [0.1, 0.15) is 0 Å². The molecule has 1 aromatic carbocycles. The van der Waals surface area contributed by atoms with Crippen molar-refractivity contribution >= 4 is 5.97 Å². The van der Waals surface area contributed by atoms with E-state index in [-0.39, 0.29) is 29.8 Å². The van der Waals surface area contributed by atoms with Gasteiger partial charge < -0.3 is 15.6 Å². The van der Waals surface area contributed by atoms with Crippen LogP contribution in [0.1, 0.15) is 26.2 Å². The van der Waals surface area contributed by atoms with Gasteiger partial charge >= 0.3 is 5.97 Å². The minimum atomic E-state index is -0.824. The second kappa shape index (κ2) is 8.53. The number of hydrogen-bond acceptors (Lipinski definition) is 3. The first-order chi connectivity index (χ1) is 9.52. The number of rotatable bonds is 9. The van der Waals surface area contributed by atoms with Gasteiger partial charge in [-0.05, 0) is 43.4 Å². The molecule has 1 aromatic rings. The highest BCUT2D eigenvalue weighted by molar-refractivity contribution is 5.67. The Kier molecular flexibility index (Phi) is 7.01. The highest BCUT2D eigenvalue weighted by atomic mass is 19.1. The van der Waals surface area contributed by atoms with Gasteiger partial charge in [0.25, 0.3) is 0 Å². The smallest absolute Gasteiger partial charge is 0.303 e. The average molecular weight is 283 g/mol. The third kappa shape index (κ3) is 6.02. The second-order valence-corrected chi connectivity index (χ2v) is 5.11. The van der Waals surface area contributed by atoms with E-state index >= 15 is 0 Å². The summed E-state index contributed by atoms with van der Waals surface area (Å²) in [7, 11) is 0. The van der Waals surface area contributed by atoms with Crippen molar-refractivity contribution in [3.8, 4) is 5.75 Å². The Morgan fingerprint density at radius 3 is 2.75 bits per heavy atom. The Morgan fingerprint density at radius 1 is 1.45 bits per heavy atom. The fraction of sp³-hybridized carbons (Fsp3) is 0.533. The van der Waals surface area contributed by atoms with Crippen LogP contribution in [0.15, 0.2) is 24.3 Å². The van der Waals surface area contributed by atoms with E-state index in [0.717, 1.165) is 12.8 Å². The number of aliphatic carboxylic acids is 1. The molecule has 5 heteroatoms. The minimum Gasteiger partial charge on any atom is -0.491 e. The van der Waals surface area contributed by atoms with Crippen LogP contribution >= 0.6 is 0 Å². The summed E-state index contributed by atoms with van der Waals surface area (Å²) in [6, 6.07) is 6.28. The zero-order chi connectivity index (χ0) is 15.0. The molecule has 0 radical (unpaired) electrons. The summed E-state index contributed by atoms with van der Waals surface area (Å²) < 4.78 is 18.7. The van der Waals surface area contributed by atoms with Gasteiger partial charge in [-0.15, -0.1) is 0 Å². The Morgan fingerprint density at radius 2 is 2.15 bits per heavy atom. The molecule has 0 fully saturated rings. The number of hydrogen-bond donors (Lipinski definition) is 2. The molecule has 2 atom stereocenters. The van der Waals surface area contributed by atoms with Crippen molar-refractivity contribution in [1.82, 2.24) is 0 Å². The first kappa shape index (κ1) is 16.4. The number of nitrogens with two attached hydrogens (primary N) is 1. The molecule has 2 unspecified atom stereocenters. The highest BCUT2D eigenvalue weighted by Gasteiger charge is 2.15. The van der Waals surface area contributed by atoms with E-state index in [0.29, 0.717) is 13.2 Å². The molecular formula is C15H22FNO3. The predicted octanol–water partition coefficient (Wildman–Crippen LogP) is 2.67. The van der Waals surface area contributed by atoms with E-state index in [2.05, 4.69) is 0 Å². The number of carboxylic acids is 1. The van der Waals surface area contributed by atoms with Crippen LogP contribution in [0.5, 0.6) is 5.75 Å². The molecule has 20 heavy (non-hydrogen) atoms. The molecule has 0 saturated heterocycles. The molecule has 0 heterocycles.